The molecule has 3 aliphatic heterocycles. The van der Waals surface area contributed by atoms with Gasteiger partial charge in [0.1, 0.15) is 23.4 Å². The maximum atomic E-state index is 13.7. The first-order chi connectivity index (χ1) is 25.1. The molecular weight excluding hydrogens is 665 g/mol. The van der Waals surface area contributed by atoms with E-state index < -0.39 is 12.1 Å². The molecule has 2 aliphatic carbocycles. The molecule has 8 rings (SSSR count). The van der Waals surface area contributed by atoms with Crippen molar-refractivity contribution in [1.82, 2.24) is 35.2 Å². The molecule has 5 aliphatic rings. The first-order valence-electron chi connectivity index (χ1n) is 18.0. The van der Waals surface area contributed by atoms with Crippen LogP contribution in [0.3, 0.4) is 0 Å². The summed E-state index contributed by atoms with van der Waals surface area (Å²) < 4.78 is 15.8. The second-order valence-electron chi connectivity index (χ2n) is 14.6. The number of halogens is 1. The van der Waals surface area contributed by atoms with Crippen molar-refractivity contribution in [3.63, 3.8) is 0 Å². The molecule has 0 spiro atoms. The summed E-state index contributed by atoms with van der Waals surface area (Å²) in [6.45, 7) is 3.32. The molecule has 1 unspecified atom stereocenters. The molecule has 2 saturated carbocycles. The van der Waals surface area contributed by atoms with Crippen LogP contribution in [-0.4, -0.2) is 87.7 Å². The first kappa shape index (κ1) is 33.7. The third kappa shape index (κ3) is 6.92. The summed E-state index contributed by atoms with van der Waals surface area (Å²) in [6, 6.07) is 11.7. The number of aromatic nitrogens is 3. The second-order valence-corrected chi connectivity index (χ2v) is 14.6. The number of nitrogens with one attached hydrogen (secondary N) is 3. The average Bonchev–Trinajstić information content (AvgIpc) is 4.04. The van der Waals surface area contributed by atoms with Crippen LogP contribution in [-0.2, 0) is 22.7 Å². The quantitative estimate of drug-likeness (QED) is 0.147. The first-order valence-corrected chi connectivity index (χ1v) is 18.0. The van der Waals surface area contributed by atoms with Crippen LogP contribution in [0.25, 0.3) is 11.1 Å². The van der Waals surface area contributed by atoms with Gasteiger partial charge in [-0.1, -0.05) is 18.2 Å². The number of rotatable bonds is 11. The number of pyridine rings is 1. The van der Waals surface area contributed by atoms with Crippen LogP contribution in [0.5, 0.6) is 0 Å². The highest BCUT2D eigenvalue weighted by molar-refractivity contribution is 5.96. The minimum absolute atomic E-state index is 0.0234. The molecule has 1 aromatic carbocycles. The molecule has 0 radical (unpaired) electrons. The molecule has 7 N–H and O–H groups in total. The van der Waals surface area contributed by atoms with Crippen molar-refractivity contribution >= 4 is 29.1 Å². The maximum Gasteiger partial charge on any atom is 0.272 e. The van der Waals surface area contributed by atoms with Crippen molar-refractivity contribution < 1.29 is 18.8 Å². The van der Waals surface area contributed by atoms with Gasteiger partial charge in [0.15, 0.2) is 0 Å². The molecule has 1 atom stereocenters. The summed E-state index contributed by atoms with van der Waals surface area (Å²) in [5.74, 6) is -0.682. The number of nitrogens with two attached hydrogens (primary N) is 2. The number of amides is 3. The van der Waals surface area contributed by atoms with Crippen molar-refractivity contribution in [3.8, 4) is 11.1 Å². The van der Waals surface area contributed by atoms with E-state index in [1.165, 1.54) is 11.0 Å². The molecule has 52 heavy (non-hydrogen) atoms. The number of para-hydroxylation sites is 1. The summed E-state index contributed by atoms with van der Waals surface area (Å²) in [6.07, 6.45) is 6.33. The minimum Gasteiger partial charge on any atom is -0.393 e. The maximum absolute atomic E-state index is 13.7. The lowest BCUT2D eigenvalue weighted by Crippen LogP contribution is -2.48. The fraction of sp³-hybridized carbons (Fsp3) is 0.432. The van der Waals surface area contributed by atoms with Crippen LogP contribution >= 0.6 is 0 Å². The van der Waals surface area contributed by atoms with E-state index in [1.807, 2.05) is 37.5 Å². The Hall–Kier alpha value is -5.44. The molecule has 14 nitrogen and oxygen atoms in total. The third-order valence-corrected chi connectivity index (χ3v) is 10.3. The number of nitrogens with zero attached hydrogens (tertiary/aromatic N) is 6. The second kappa shape index (κ2) is 13.6. The number of benzene rings is 1. The lowest BCUT2D eigenvalue weighted by atomic mass is 9.97. The Bertz CT molecular complexity index is 1980. The molecule has 5 heterocycles. The van der Waals surface area contributed by atoms with Gasteiger partial charge in [-0.25, -0.2) is 9.37 Å². The number of hydrogen-bond acceptors (Lipinski definition) is 10. The van der Waals surface area contributed by atoms with E-state index in [4.69, 9.17) is 16.6 Å². The SMILES string of the molecule is CN1Cc2c(cnn2C2CN(Cc3cccc(C(=O)N4CCC(F)C4)n3)C2)-c2cccc(NC(/C=C(\N)NC(=O)C3CC3)=C(/N)C(=O)NC3CC3)c21. The number of hydrogen-bond donors (Lipinski definition) is 5. The topological polar surface area (TPSA) is 180 Å². The molecule has 3 aromatic rings. The monoisotopic (exact) mass is 709 g/mol. The number of carbonyl (C=O) groups excluding carboxylic acids is 3. The minimum atomic E-state index is -0.967. The van der Waals surface area contributed by atoms with Crippen LogP contribution in [0.15, 0.2) is 65.9 Å². The Balaban J connectivity index is 0.980. The Morgan fingerprint density at radius 2 is 1.79 bits per heavy atom. The molecule has 272 valence electrons. The lowest BCUT2D eigenvalue weighted by Gasteiger charge is -2.40. The van der Waals surface area contributed by atoms with Gasteiger partial charge in [-0.05, 0) is 50.3 Å². The Morgan fingerprint density at radius 1 is 1.00 bits per heavy atom. The van der Waals surface area contributed by atoms with E-state index >= 15 is 0 Å². The summed E-state index contributed by atoms with van der Waals surface area (Å²) in [7, 11) is 2.01. The molecule has 0 bridgehead atoms. The van der Waals surface area contributed by atoms with Crippen LogP contribution < -0.4 is 32.3 Å². The van der Waals surface area contributed by atoms with Crippen LogP contribution in [0, 0.1) is 5.92 Å². The highest BCUT2D eigenvalue weighted by Gasteiger charge is 2.35. The van der Waals surface area contributed by atoms with E-state index in [2.05, 4.69) is 41.5 Å². The smallest absolute Gasteiger partial charge is 0.272 e. The van der Waals surface area contributed by atoms with Crippen LogP contribution in [0.1, 0.15) is 60.0 Å². The van der Waals surface area contributed by atoms with Gasteiger partial charge < -0.3 is 37.2 Å². The molecule has 4 fully saturated rings. The van der Waals surface area contributed by atoms with E-state index in [1.54, 1.807) is 6.07 Å². The predicted molar refractivity (Wildman–Crippen MR) is 193 cm³/mol. The number of likely N-dealkylation sites (tertiary alicyclic amines) is 2. The Kier molecular flexibility index (Phi) is 8.81. The summed E-state index contributed by atoms with van der Waals surface area (Å²) >= 11 is 0. The zero-order chi connectivity index (χ0) is 36.1. The third-order valence-electron chi connectivity index (χ3n) is 10.3. The van der Waals surface area contributed by atoms with Gasteiger partial charge in [0.05, 0.1) is 53.8 Å². The lowest BCUT2D eigenvalue weighted by molar-refractivity contribution is -0.121. The number of anilines is 2. The van der Waals surface area contributed by atoms with Gasteiger partial charge in [0.25, 0.3) is 11.8 Å². The Labute approximate surface area is 301 Å². The van der Waals surface area contributed by atoms with E-state index in [0.717, 1.165) is 72.7 Å². The molecule has 2 saturated heterocycles. The van der Waals surface area contributed by atoms with Gasteiger partial charge in [-0.15, -0.1) is 0 Å². The van der Waals surface area contributed by atoms with Gasteiger partial charge in [-0.2, -0.15) is 5.10 Å². The fourth-order valence-electron chi connectivity index (χ4n) is 7.19. The molecular formula is C37H44FN11O3. The van der Waals surface area contributed by atoms with Gasteiger partial charge in [0.2, 0.25) is 5.91 Å². The number of fused-ring (bicyclic) bond motifs is 3. The van der Waals surface area contributed by atoms with E-state index in [9.17, 15) is 18.8 Å². The number of carbonyl (C=O) groups is 3. The largest absolute Gasteiger partial charge is 0.393 e. The number of allylic oxidation sites excluding steroid dienone is 1. The Morgan fingerprint density at radius 3 is 2.52 bits per heavy atom. The zero-order valence-corrected chi connectivity index (χ0v) is 29.1. The van der Waals surface area contributed by atoms with E-state index in [0.29, 0.717) is 37.4 Å². The highest BCUT2D eigenvalue weighted by Crippen LogP contribution is 2.44. The molecule has 2 aromatic heterocycles. The van der Waals surface area contributed by atoms with Gasteiger partial charge in [-0.3, -0.25) is 24.0 Å². The van der Waals surface area contributed by atoms with Crippen molar-refractivity contribution in [3.05, 3.63) is 83.0 Å². The summed E-state index contributed by atoms with van der Waals surface area (Å²) in [5, 5.41) is 13.9. The molecule has 3 amide bonds. The molecule has 15 heteroatoms. The van der Waals surface area contributed by atoms with Crippen molar-refractivity contribution in [2.24, 2.45) is 17.4 Å². The van der Waals surface area contributed by atoms with Crippen molar-refractivity contribution in [2.75, 3.05) is 43.4 Å². The van der Waals surface area contributed by atoms with Gasteiger partial charge in [0, 0.05) is 62.4 Å². The van der Waals surface area contributed by atoms with Crippen molar-refractivity contribution in [1.29, 1.82) is 0 Å². The zero-order valence-electron chi connectivity index (χ0n) is 29.1. The fourth-order valence-corrected chi connectivity index (χ4v) is 7.19. The van der Waals surface area contributed by atoms with Crippen molar-refractivity contribution in [2.45, 2.75) is 63.4 Å². The standard InChI is InChI=1S/C37H44FN11O3/c1-46-20-31-27(15-41-49(31)25-18-47(19-25)17-24-4-2-7-29(42-24)37(52)48-13-12-22(38)16-48)26-5-3-6-28(34(26)46)44-30(33(40)36(51)43-23-10-11-23)14-32(39)45-35(50)21-8-9-21/h2-7,14-15,21-23,25,44H,8-13,16-20,39-40H2,1H3,(H,43,51)(H,45,50)/b32-14+,33-30+. The van der Waals surface area contributed by atoms with Crippen LogP contribution in [0.2, 0.25) is 0 Å². The normalized spacial score (nSPS) is 20.8. The summed E-state index contributed by atoms with van der Waals surface area (Å²) in [4.78, 5) is 48.9. The van der Waals surface area contributed by atoms with E-state index in [-0.39, 0.29) is 47.9 Å². The summed E-state index contributed by atoms with van der Waals surface area (Å²) in [5.41, 5.74) is 18.8. The van der Waals surface area contributed by atoms with Gasteiger partial charge >= 0.3 is 0 Å². The highest BCUT2D eigenvalue weighted by atomic mass is 19.1. The number of alkyl halides is 1. The average molecular weight is 710 g/mol. The van der Waals surface area contributed by atoms with Crippen LogP contribution in [0.4, 0.5) is 15.8 Å². The predicted octanol–water partition coefficient (Wildman–Crippen LogP) is 2.32.